The Morgan fingerprint density at radius 1 is 0.857 bits per heavy atom. The van der Waals surface area contributed by atoms with Crippen molar-refractivity contribution in [2.75, 3.05) is 10.6 Å². The molecule has 0 bridgehead atoms. The number of carbonyl (C=O) groups is 2. The standard InChI is InChI=1S/C27H31N3O4S/c1-19(31)30-35(33,34)25-13-9-8-12-23(25)29-26(32)22-15-14-20(16-17-27(2,3)4)18-24(22)28-21-10-6-5-7-11-21/h5-15,18,28H,16-17H2,1-4H3,(H,29,32)(H,30,31). The molecule has 0 aromatic heterocycles. The van der Waals surface area contributed by atoms with Crippen LogP contribution in [0.25, 0.3) is 0 Å². The summed E-state index contributed by atoms with van der Waals surface area (Å²) in [5.74, 6) is -1.19. The summed E-state index contributed by atoms with van der Waals surface area (Å²) in [4.78, 5) is 24.5. The van der Waals surface area contributed by atoms with Crippen LogP contribution >= 0.6 is 0 Å². The van der Waals surface area contributed by atoms with E-state index in [0.29, 0.717) is 11.3 Å². The van der Waals surface area contributed by atoms with Gasteiger partial charge < -0.3 is 10.6 Å². The van der Waals surface area contributed by atoms with Gasteiger partial charge in [-0.1, -0.05) is 57.2 Å². The highest BCUT2D eigenvalue weighted by molar-refractivity contribution is 7.90. The minimum atomic E-state index is -4.13. The van der Waals surface area contributed by atoms with Crippen molar-refractivity contribution in [1.29, 1.82) is 0 Å². The number of hydrogen-bond donors (Lipinski definition) is 3. The Kier molecular flexibility index (Phi) is 7.96. The molecule has 2 amide bonds. The van der Waals surface area contributed by atoms with Crippen LogP contribution in [0.15, 0.2) is 77.7 Å². The highest BCUT2D eigenvalue weighted by Gasteiger charge is 2.22. The molecule has 0 saturated heterocycles. The summed E-state index contributed by atoms with van der Waals surface area (Å²) in [7, 11) is -4.13. The first-order chi connectivity index (χ1) is 16.4. The topological polar surface area (TPSA) is 104 Å². The largest absolute Gasteiger partial charge is 0.355 e. The van der Waals surface area contributed by atoms with Crippen LogP contribution in [0.4, 0.5) is 17.1 Å². The van der Waals surface area contributed by atoms with Gasteiger partial charge in [0.1, 0.15) is 4.90 Å². The predicted molar refractivity (Wildman–Crippen MR) is 139 cm³/mol. The fraction of sp³-hybridized carbons (Fsp3) is 0.259. The average Bonchev–Trinajstić information content (AvgIpc) is 2.77. The van der Waals surface area contributed by atoms with E-state index in [1.54, 1.807) is 12.1 Å². The van der Waals surface area contributed by atoms with Gasteiger partial charge in [0.05, 0.1) is 16.9 Å². The van der Waals surface area contributed by atoms with Gasteiger partial charge in [0.2, 0.25) is 5.91 Å². The molecule has 0 aliphatic heterocycles. The molecule has 8 heteroatoms. The van der Waals surface area contributed by atoms with E-state index in [-0.39, 0.29) is 16.0 Å². The third kappa shape index (κ3) is 7.42. The smallest absolute Gasteiger partial charge is 0.266 e. The van der Waals surface area contributed by atoms with Gasteiger partial charge in [0.15, 0.2) is 0 Å². The van der Waals surface area contributed by atoms with Crippen LogP contribution in [-0.2, 0) is 21.2 Å². The van der Waals surface area contributed by atoms with E-state index in [9.17, 15) is 18.0 Å². The fourth-order valence-electron chi connectivity index (χ4n) is 3.48. The average molecular weight is 494 g/mol. The maximum absolute atomic E-state index is 13.3. The summed E-state index contributed by atoms with van der Waals surface area (Å²) in [6.45, 7) is 7.67. The fourth-order valence-corrected chi connectivity index (χ4v) is 4.64. The van der Waals surface area contributed by atoms with Gasteiger partial charge in [-0.3, -0.25) is 9.59 Å². The van der Waals surface area contributed by atoms with E-state index in [0.717, 1.165) is 31.0 Å². The van der Waals surface area contributed by atoms with Crippen molar-refractivity contribution in [2.45, 2.75) is 45.4 Å². The number of rotatable bonds is 8. The molecule has 0 aliphatic carbocycles. The van der Waals surface area contributed by atoms with Crippen molar-refractivity contribution < 1.29 is 18.0 Å². The highest BCUT2D eigenvalue weighted by Crippen LogP contribution is 2.28. The van der Waals surface area contributed by atoms with E-state index in [1.165, 1.54) is 18.2 Å². The maximum atomic E-state index is 13.3. The molecule has 3 aromatic rings. The molecule has 0 unspecified atom stereocenters. The number of amides is 2. The van der Waals surface area contributed by atoms with Crippen LogP contribution in [-0.4, -0.2) is 20.2 Å². The van der Waals surface area contributed by atoms with Crippen LogP contribution in [0.2, 0.25) is 0 Å². The number of hydrogen-bond acceptors (Lipinski definition) is 5. The van der Waals surface area contributed by atoms with Crippen LogP contribution in [0.3, 0.4) is 0 Å². The van der Waals surface area contributed by atoms with Gasteiger partial charge in [-0.05, 0) is 60.2 Å². The molecular formula is C27H31N3O4S. The third-order valence-corrected chi connectivity index (χ3v) is 6.74. The van der Waals surface area contributed by atoms with E-state index < -0.39 is 21.8 Å². The number of carbonyl (C=O) groups excluding carboxylic acids is 2. The molecule has 3 rings (SSSR count). The molecule has 35 heavy (non-hydrogen) atoms. The van der Waals surface area contributed by atoms with E-state index >= 15 is 0 Å². The Hall–Kier alpha value is -3.65. The molecule has 0 atom stereocenters. The minimum absolute atomic E-state index is 0.0775. The zero-order valence-corrected chi connectivity index (χ0v) is 21.2. The lowest BCUT2D eigenvalue weighted by molar-refractivity contribution is -0.117. The maximum Gasteiger partial charge on any atom is 0.266 e. The minimum Gasteiger partial charge on any atom is -0.355 e. The summed E-state index contributed by atoms with van der Waals surface area (Å²) in [6.07, 6.45) is 1.84. The van der Waals surface area contributed by atoms with E-state index in [2.05, 4.69) is 31.4 Å². The lowest BCUT2D eigenvalue weighted by Crippen LogP contribution is -2.29. The van der Waals surface area contributed by atoms with Gasteiger partial charge in [0.25, 0.3) is 15.9 Å². The molecule has 0 saturated carbocycles. The van der Waals surface area contributed by atoms with Gasteiger partial charge >= 0.3 is 0 Å². The Labute approximate surface area is 207 Å². The van der Waals surface area contributed by atoms with Gasteiger partial charge in [0, 0.05) is 12.6 Å². The first kappa shape index (κ1) is 26.0. The highest BCUT2D eigenvalue weighted by atomic mass is 32.2. The summed E-state index contributed by atoms with van der Waals surface area (Å²) in [5, 5.41) is 6.01. The number of nitrogens with one attached hydrogen (secondary N) is 3. The normalized spacial score (nSPS) is 11.5. The monoisotopic (exact) mass is 493 g/mol. The quantitative estimate of drug-likeness (QED) is 0.385. The first-order valence-corrected chi connectivity index (χ1v) is 12.8. The van der Waals surface area contributed by atoms with Crippen LogP contribution in [0, 0.1) is 5.41 Å². The van der Waals surface area contributed by atoms with Crippen molar-refractivity contribution in [3.8, 4) is 0 Å². The molecule has 0 aliphatic rings. The molecule has 0 spiro atoms. The summed E-state index contributed by atoms with van der Waals surface area (Å²) in [5.41, 5.74) is 3.13. The Bertz CT molecular complexity index is 1310. The van der Waals surface area contributed by atoms with Crippen molar-refractivity contribution in [3.05, 3.63) is 83.9 Å². The summed E-state index contributed by atoms with van der Waals surface area (Å²) < 4.78 is 27.1. The molecule has 0 radical (unpaired) electrons. The SMILES string of the molecule is CC(=O)NS(=O)(=O)c1ccccc1NC(=O)c1ccc(CCC(C)(C)C)cc1Nc1ccccc1. The van der Waals surface area contributed by atoms with Crippen molar-refractivity contribution in [3.63, 3.8) is 0 Å². The zero-order chi connectivity index (χ0) is 25.6. The third-order valence-electron chi connectivity index (χ3n) is 5.25. The van der Waals surface area contributed by atoms with Crippen molar-refractivity contribution in [1.82, 2.24) is 4.72 Å². The van der Waals surface area contributed by atoms with E-state index in [1.807, 2.05) is 47.2 Å². The van der Waals surface area contributed by atoms with Crippen LogP contribution < -0.4 is 15.4 Å². The van der Waals surface area contributed by atoms with Crippen molar-refractivity contribution in [2.24, 2.45) is 5.41 Å². The van der Waals surface area contributed by atoms with Crippen LogP contribution in [0.5, 0.6) is 0 Å². The zero-order valence-electron chi connectivity index (χ0n) is 20.4. The second kappa shape index (κ2) is 10.7. The number of sulfonamides is 1. The molecule has 3 N–H and O–H groups in total. The number of anilines is 3. The number of para-hydroxylation sites is 2. The van der Waals surface area contributed by atoms with Crippen LogP contribution in [0.1, 0.15) is 50.0 Å². The molecule has 184 valence electrons. The Morgan fingerprint density at radius 3 is 2.17 bits per heavy atom. The van der Waals surface area contributed by atoms with Gasteiger partial charge in [-0.2, -0.15) is 0 Å². The van der Waals surface area contributed by atoms with Gasteiger partial charge in [-0.25, -0.2) is 13.1 Å². The number of benzene rings is 3. The molecule has 0 fully saturated rings. The lowest BCUT2D eigenvalue weighted by Gasteiger charge is -2.19. The molecular weight excluding hydrogens is 462 g/mol. The molecule has 7 nitrogen and oxygen atoms in total. The molecule has 3 aromatic carbocycles. The Morgan fingerprint density at radius 2 is 1.51 bits per heavy atom. The second-order valence-electron chi connectivity index (χ2n) is 9.54. The van der Waals surface area contributed by atoms with Crippen molar-refractivity contribution >= 4 is 38.9 Å². The molecule has 0 heterocycles. The second-order valence-corrected chi connectivity index (χ2v) is 11.2. The van der Waals surface area contributed by atoms with E-state index in [4.69, 9.17) is 0 Å². The Balaban J connectivity index is 1.95. The predicted octanol–water partition coefficient (Wildman–Crippen LogP) is 5.49. The summed E-state index contributed by atoms with van der Waals surface area (Å²) in [6, 6.07) is 21.1. The van der Waals surface area contributed by atoms with Gasteiger partial charge in [-0.15, -0.1) is 0 Å². The first-order valence-electron chi connectivity index (χ1n) is 11.3. The number of aryl methyl sites for hydroxylation is 1. The summed E-state index contributed by atoms with van der Waals surface area (Å²) >= 11 is 0. The lowest BCUT2D eigenvalue weighted by atomic mass is 9.88.